The summed E-state index contributed by atoms with van der Waals surface area (Å²) in [6.45, 7) is 6.48. The molecule has 0 bridgehead atoms. The number of nitrogen functional groups attached to an aromatic ring is 1. The van der Waals surface area contributed by atoms with E-state index >= 15 is 0 Å². The van der Waals surface area contributed by atoms with Gasteiger partial charge in [-0.3, -0.25) is 4.79 Å². The third-order valence-corrected chi connectivity index (χ3v) is 6.50. The molecule has 35 heavy (non-hydrogen) atoms. The number of methoxy groups -OCH3 is 1. The number of aryl methyl sites for hydroxylation is 2. The molecular weight excluding hydrogens is 444 g/mol. The lowest BCUT2D eigenvalue weighted by molar-refractivity contribution is -0.127. The number of fused-ring (bicyclic) bond motifs is 2. The van der Waals surface area contributed by atoms with Crippen molar-refractivity contribution in [1.82, 2.24) is 34.2 Å². The Morgan fingerprint density at radius 2 is 2.17 bits per heavy atom. The highest BCUT2D eigenvalue weighted by molar-refractivity contribution is 5.91. The molecule has 1 saturated heterocycles. The highest BCUT2D eigenvalue weighted by Crippen LogP contribution is 2.32. The lowest BCUT2D eigenvalue weighted by atomic mass is 10.2. The molecule has 1 aliphatic heterocycles. The topological polar surface area (TPSA) is 117 Å². The maximum absolute atomic E-state index is 12.4. The van der Waals surface area contributed by atoms with E-state index in [1.165, 1.54) is 12.4 Å². The largest absolute Gasteiger partial charge is 0.383 e. The molecule has 4 aromatic rings. The van der Waals surface area contributed by atoms with Crippen molar-refractivity contribution >= 4 is 33.8 Å². The maximum Gasteiger partial charge on any atom is 0.246 e. The van der Waals surface area contributed by atoms with E-state index < -0.39 is 0 Å². The summed E-state index contributed by atoms with van der Waals surface area (Å²) in [5.41, 5.74) is 10.1. The van der Waals surface area contributed by atoms with Crippen LogP contribution < -0.4 is 5.73 Å². The van der Waals surface area contributed by atoms with Crippen molar-refractivity contribution in [3.8, 4) is 11.8 Å². The van der Waals surface area contributed by atoms with Crippen LogP contribution in [-0.4, -0.2) is 66.4 Å². The van der Waals surface area contributed by atoms with Crippen LogP contribution >= 0.6 is 0 Å². The summed E-state index contributed by atoms with van der Waals surface area (Å²) < 4.78 is 9.19. The molecule has 1 amide bonds. The van der Waals surface area contributed by atoms with Gasteiger partial charge >= 0.3 is 0 Å². The Balaban J connectivity index is 1.54. The number of anilines is 1. The first-order chi connectivity index (χ1) is 16.9. The normalized spacial score (nSPS) is 17.6. The minimum absolute atomic E-state index is 0.0861. The molecular formula is C25H26N8O2. The summed E-state index contributed by atoms with van der Waals surface area (Å²) in [6.07, 6.45) is 3.40. The number of ether oxygens (including phenoxy) is 1. The fourth-order valence-electron chi connectivity index (χ4n) is 4.67. The highest BCUT2D eigenvalue weighted by atomic mass is 16.5. The Kier molecular flexibility index (Phi) is 5.70. The Labute approximate surface area is 202 Å². The number of hydrogen-bond donors (Lipinski definition) is 1. The third kappa shape index (κ3) is 3.90. The first-order valence-corrected chi connectivity index (χ1v) is 11.3. The van der Waals surface area contributed by atoms with Gasteiger partial charge in [-0.25, -0.2) is 19.6 Å². The van der Waals surface area contributed by atoms with Gasteiger partial charge in [0.05, 0.1) is 35.1 Å². The van der Waals surface area contributed by atoms with Crippen LogP contribution in [0.25, 0.3) is 22.1 Å². The van der Waals surface area contributed by atoms with Gasteiger partial charge in [-0.05, 0) is 43.5 Å². The number of carbonyl (C=O) groups is 1. The standard InChI is InChI=1S/C25H26N8O2/c1-5-22(34)32-12-17(11-18(32)13-35-4)33-25-23(24(26)27-14-28-25)19(30-33)8-6-16-7-9-21-20(10-16)29-15(2)31(21)3/h5,7,9-10,14,17-18H,1,11-13H2,2-4H3,(H2,26,27,28)/t17-,18+/m0/s1. The Bertz CT molecular complexity index is 1520. The first-order valence-electron chi connectivity index (χ1n) is 11.3. The molecule has 4 heterocycles. The number of imidazole rings is 1. The van der Waals surface area contributed by atoms with Crippen LogP contribution in [-0.2, 0) is 16.6 Å². The predicted octanol–water partition coefficient (Wildman–Crippen LogP) is 1.98. The molecule has 10 heteroatoms. The summed E-state index contributed by atoms with van der Waals surface area (Å²) in [7, 11) is 3.61. The molecule has 2 N–H and O–H groups in total. The van der Waals surface area contributed by atoms with Gasteiger partial charge in [0.25, 0.3) is 0 Å². The lowest BCUT2D eigenvalue weighted by Gasteiger charge is -2.22. The molecule has 10 nitrogen and oxygen atoms in total. The Morgan fingerprint density at radius 1 is 1.34 bits per heavy atom. The molecule has 3 aromatic heterocycles. The third-order valence-electron chi connectivity index (χ3n) is 6.50. The van der Waals surface area contributed by atoms with Crippen LogP contribution in [0, 0.1) is 18.8 Å². The van der Waals surface area contributed by atoms with E-state index in [4.69, 9.17) is 15.6 Å². The minimum Gasteiger partial charge on any atom is -0.383 e. The van der Waals surface area contributed by atoms with E-state index in [1.54, 1.807) is 12.0 Å². The van der Waals surface area contributed by atoms with Gasteiger partial charge in [-0.1, -0.05) is 12.5 Å². The Hall–Kier alpha value is -4.23. The summed E-state index contributed by atoms with van der Waals surface area (Å²) in [4.78, 5) is 27.4. The van der Waals surface area contributed by atoms with Gasteiger partial charge in [-0.15, -0.1) is 0 Å². The number of amides is 1. The lowest BCUT2D eigenvalue weighted by Crippen LogP contribution is -2.37. The van der Waals surface area contributed by atoms with Crippen molar-refractivity contribution < 1.29 is 9.53 Å². The number of hydrogen-bond acceptors (Lipinski definition) is 7. The van der Waals surface area contributed by atoms with Crippen LogP contribution in [0.15, 0.2) is 37.2 Å². The first kappa shape index (κ1) is 22.6. The molecule has 1 aliphatic rings. The van der Waals surface area contributed by atoms with E-state index in [2.05, 4.69) is 33.4 Å². The summed E-state index contributed by atoms with van der Waals surface area (Å²) in [5, 5.41) is 5.38. The minimum atomic E-state index is -0.139. The fourth-order valence-corrected chi connectivity index (χ4v) is 4.67. The second kappa shape index (κ2) is 8.85. The highest BCUT2D eigenvalue weighted by Gasteiger charge is 2.37. The van der Waals surface area contributed by atoms with E-state index in [9.17, 15) is 4.79 Å². The zero-order valence-corrected chi connectivity index (χ0v) is 19.9. The number of nitrogens with two attached hydrogens (primary N) is 1. The van der Waals surface area contributed by atoms with Crippen molar-refractivity contribution in [1.29, 1.82) is 0 Å². The Morgan fingerprint density at radius 3 is 2.94 bits per heavy atom. The van der Waals surface area contributed by atoms with Crippen LogP contribution in [0.3, 0.4) is 0 Å². The quantitative estimate of drug-likeness (QED) is 0.358. The van der Waals surface area contributed by atoms with Gasteiger partial charge < -0.3 is 19.9 Å². The van der Waals surface area contributed by atoms with Crippen molar-refractivity contribution in [2.75, 3.05) is 26.0 Å². The van der Waals surface area contributed by atoms with Gasteiger partial charge in [0.15, 0.2) is 5.65 Å². The van der Waals surface area contributed by atoms with Crippen LogP contribution in [0.2, 0.25) is 0 Å². The SMILES string of the molecule is C=CC(=O)N1C[C@@H](n2nc(C#Cc3ccc4c(c3)nc(C)n4C)c3c(N)ncnc32)C[C@@H]1COC. The molecule has 0 saturated carbocycles. The second-order valence-corrected chi connectivity index (χ2v) is 8.62. The molecule has 1 fully saturated rings. The maximum atomic E-state index is 12.4. The van der Waals surface area contributed by atoms with Crippen LogP contribution in [0.1, 0.15) is 29.5 Å². The molecule has 2 atom stereocenters. The molecule has 0 radical (unpaired) electrons. The molecule has 178 valence electrons. The van der Waals surface area contributed by atoms with Crippen molar-refractivity contribution in [3.05, 3.63) is 54.3 Å². The number of nitrogens with zero attached hydrogens (tertiary/aromatic N) is 7. The zero-order chi connectivity index (χ0) is 24.7. The zero-order valence-electron chi connectivity index (χ0n) is 19.9. The van der Waals surface area contributed by atoms with Crippen molar-refractivity contribution in [3.63, 3.8) is 0 Å². The summed E-state index contributed by atoms with van der Waals surface area (Å²) in [6, 6.07) is 5.73. The van der Waals surface area contributed by atoms with Gasteiger partial charge in [0.2, 0.25) is 5.91 Å². The number of aromatic nitrogens is 6. The van der Waals surface area contributed by atoms with Crippen molar-refractivity contribution in [2.45, 2.75) is 25.4 Å². The van der Waals surface area contributed by atoms with Crippen LogP contribution in [0.4, 0.5) is 5.82 Å². The van der Waals surface area contributed by atoms with E-state index in [-0.39, 0.29) is 18.0 Å². The number of likely N-dealkylation sites (tertiary alicyclic amines) is 1. The molecule has 0 aliphatic carbocycles. The van der Waals surface area contributed by atoms with E-state index in [0.29, 0.717) is 42.1 Å². The van der Waals surface area contributed by atoms with Gasteiger partial charge in [0.1, 0.15) is 23.7 Å². The van der Waals surface area contributed by atoms with E-state index in [1.807, 2.05) is 41.4 Å². The second-order valence-electron chi connectivity index (χ2n) is 8.62. The number of benzene rings is 1. The van der Waals surface area contributed by atoms with Crippen LogP contribution in [0.5, 0.6) is 0 Å². The van der Waals surface area contributed by atoms with Crippen molar-refractivity contribution in [2.24, 2.45) is 7.05 Å². The molecule has 1 aromatic carbocycles. The monoisotopic (exact) mass is 470 g/mol. The summed E-state index contributed by atoms with van der Waals surface area (Å²) >= 11 is 0. The number of rotatable bonds is 4. The molecule has 5 rings (SSSR count). The molecule has 0 spiro atoms. The molecule has 0 unspecified atom stereocenters. The average molecular weight is 471 g/mol. The predicted molar refractivity (Wildman–Crippen MR) is 132 cm³/mol. The smallest absolute Gasteiger partial charge is 0.246 e. The fraction of sp³-hybridized carbons (Fsp3) is 0.320. The summed E-state index contributed by atoms with van der Waals surface area (Å²) in [5.74, 6) is 7.46. The van der Waals surface area contributed by atoms with E-state index in [0.717, 1.165) is 22.4 Å². The average Bonchev–Trinajstić information content (AvgIpc) is 3.52. The van der Waals surface area contributed by atoms with Gasteiger partial charge in [0, 0.05) is 26.3 Å². The number of carbonyl (C=O) groups excluding carboxylic acids is 1. The van der Waals surface area contributed by atoms with Gasteiger partial charge in [-0.2, -0.15) is 5.10 Å².